The molecule has 4 N–H and O–H groups in total. The van der Waals surface area contributed by atoms with Gasteiger partial charge in [0, 0.05) is 26.6 Å². The lowest BCUT2D eigenvalue weighted by molar-refractivity contribution is -0.132. The number of hydrogen-bond acceptors (Lipinski definition) is 7. The molecule has 2 heterocycles. The Kier molecular flexibility index (Phi) is 9.17. The zero-order chi connectivity index (χ0) is 25.2. The van der Waals surface area contributed by atoms with Gasteiger partial charge in [-0.3, -0.25) is 14.4 Å². The van der Waals surface area contributed by atoms with E-state index in [1.165, 1.54) is 0 Å². The maximum atomic E-state index is 12.5. The molecule has 2 amide bonds. The minimum Gasteiger partial charge on any atom is -0.483 e. The van der Waals surface area contributed by atoms with E-state index in [9.17, 15) is 14.9 Å². The highest BCUT2D eigenvalue weighted by atomic mass is 16.5. The summed E-state index contributed by atoms with van der Waals surface area (Å²) in [4.78, 5) is 34.5. The molecular formula is C25H29N5O5. The van der Waals surface area contributed by atoms with Crippen LogP contribution in [0.25, 0.3) is 11.1 Å². The Morgan fingerprint density at radius 3 is 2.74 bits per heavy atom. The average molecular weight is 480 g/mol. The molecule has 10 nitrogen and oxygen atoms in total. The molecule has 0 aromatic heterocycles. The van der Waals surface area contributed by atoms with Crippen LogP contribution in [0.2, 0.25) is 0 Å². The highest BCUT2D eigenvalue weighted by molar-refractivity contribution is 6.03. The Labute approximate surface area is 203 Å². The first-order valence-corrected chi connectivity index (χ1v) is 11.3. The molecule has 2 aromatic carbocycles. The molecule has 10 heteroatoms. The third kappa shape index (κ3) is 6.79. The smallest absolute Gasteiger partial charge is 0.290 e. The van der Waals surface area contributed by atoms with Crippen molar-refractivity contribution in [2.45, 2.75) is 25.0 Å². The van der Waals surface area contributed by atoms with Crippen molar-refractivity contribution in [1.82, 2.24) is 10.6 Å². The Balaban J connectivity index is 0.00000108. The van der Waals surface area contributed by atoms with E-state index in [4.69, 9.17) is 14.6 Å². The maximum Gasteiger partial charge on any atom is 0.290 e. The zero-order valence-electron chi connectivity index (χ0n) is 19.5. The number of amides is 2. The number of nitrogens with zero attached hydrogens (tertiary/aromatic N) is 2. The van der Waals surface area contributed by atoms with Crippen LogP contribution in [-0.4, -0.2) is 68.8 Å². The molecule has 2 aliphatic heterocycles. The second-order valence-corrected chi connectivity index (χ2v) is 8.15. The summed E-state index contributed by atoms with van der Waals surface area (Å²) in [6.07, 6.45) is 0.707. The highest BCUT2D eigenvalue weighted by Crippen LogP contribution is 2.33. The van der Waals surface area contributed by atoms with Crippen molar-refractivity contribution >= 4 is 29.7 Å². The fourth-order valence-corrected chi connectivity index (χ4v) is 3.91. The predicted octanol–water partition coefficient (Wildman–Crippen LogP) is 1.37. The van der Waals surface area contributed by atoms with Gasteiger partial charge in [0.05, 0.1) is 24.0 Å². The number of rotatable bonds is 5. The molecule has 1 fully saturated rings. The van der Waals surface area contributed by atoms with Gasteiger partial charge in [0.15, 0.2) is 0 Å². The lowest BCUT2D eigenvalue weighted by Gasteiger charge is -2.27. The van der Waals surface area contributed by atoms with Crippen LogP contribution in [0.5, 0.6) is 0 Å². The van der Waals surface area contributed by atoms with Crippen molar-refractivity contribution in [1.29, 1.82) is 5.26 Å². The molecule has 0 aliphatic carbocycles. The van der Waals surface area contributed by atoms with Gasteiger partial charge in [-0.05, 0) is 41.8 Å². The Hall–Kier alpha value is -3.94. The van der Waals surface area contributed by atoms with Crippen molar-refractivity contribution < 1.29 is 24.2 Å². The number of carbonyl (C=O) groups excluding carboxylic acids is 2. The fourth-order valence-electron chi connectivity index (χ4n) is 3.91. The molecule has 0 unspecified atom stereocenters. The number of carboxylic acid groups (broad SMARTS) is 1. The van der Waals surface area contributed by atoms with Gasteiger partial charge in [-0.25, -0.2) is 0 Å². The van der Waals surface area contributed by atoms with Crippen LogP contribution in [0.3, 0.4) is 0 Å². The monoisotopic (exact) mass is 479 g/mol. The number of carbonyl (C=O) groups is 3. The van der Waals surface area contributed by atoms with E-state index in [1.807, 2.05) is 42.5 Å². The molecule has 0 spiro atoms. The van der Waals surface area contributed by atoms with Crippen molar-refractivity contribution in [2.75, 3.05) is 43.5 Å². The van der Waals surface area contributed by atoms with Gasteiger partial charge in [-0.15, -0.1) is 0 Å². The molecule has 2 aromatic rings. The molecule has 2 aliphatic rings. The number of hydrogen-bond donors (Lipinski definition) is 4. The maximum absolute atomic E-state index is 12.5. The minimum atomic E-state index is -0.630. The Morgan fingerprint density at radius 2 is 2.03 bits per heavy atom. The molecular weight excluding hydrogens is 450 g/mol. The number of benzene rings is 2. The predicted molar refractivity (Wildman–Crippen MR) is 131 cm³/mol. The van der Waals surface area contributed by atoms with Crippen LogP contribution in [0.15, 0.2) is 42.5 Å². The van der Waals surface area contributed by atoms with Crippen LogP contribution in [0.1, 0.15) is 12.0 Å². The summed E-state index contributed by atoms with van der Waals surface area (Å²) in [6.45, 7) is 1.87. The third-order valence-electron chi connectivity index (χ3n) is 5.80. The second-order valence-electron chi connectivity index (χ2n) is 8.15. The van der Waals surface area contributed by atoms with Gasteiger partial charge in [0.25, 0.3) is 12.4 Å². The van der Waals surface area contributed by atoms with Crippen LogP contribution >= 0.6 is 0 Å². The average Bonchev–Trinajstić information content (AvgIpc) is 3.16. The van der Waals surface area contributed by atoms with Gasteiger partial charge in [0.1, 0.15) is 12.1 Å². The fraction of sp³-hybridized carbons (Fsp3) is 0.360. The minimum absolute atomic E-state index is 0.0274. The standard InChI is InChI=1S/C24H27N5O3.CH2O2/c1-29-21-12-18(7-8-20(21)27-15-23(29)30)17-5-3-16(4-6-17)11-19(13-25)28-24(31)22-14-26-9-2-10-32-22;2-1-3/h3-8,12,19,22,26-27H,2,9-11,14-15H2,1H3,(H,28,31);1H,(H,2,3)/t19-,22-;/m0./s1. The van der Waals surface area contributed by atoms with Crippen LogP contribution in [-0.2, 0) is 25.5 Å². The van der Waals surface area contributed by atoms with Gasteiger partial charge >= 0.3 is 0 Å². The summed E-state index contributed by atoms with van der Waals surface area (Å²) in [6, 6.07) is 15.4. The SMILES string of the molecule is CN1C(=O)CNc2ccc(-c3ccc(C[C@@H](C#N)NC(=O)[C@@H]4CNCCCO4)cc3)cc21.O=CO. The van der Waals surface area contributed by atoms with Crippen molar-refractivity contribution in [3.8, 4) is 17.2 Å². The largest absolute Gasteiger partial charge is 0.483 e. The van der Waals surface area contributed by atoms with Crippen molar-refractivity contribution in [2.24, 2.45) is 0 Å². The second kappa shape index (κ2) is 12.5. The summed E-state index contributed by atoms with van der Waals surface area (Å²) < 4.78 is 5.57. The van der Waals surface area contributed by atoms with Gasteiger partial charge in [-0.1, -0.05) is 30.3 Å². The summed E-state index contributed by atoms with van der Waals surface area (Å²) in [5.41, 5.74) is 4.76. The lowest BCUT2D eigenvalue weighted by Crippen LogP contribution is -2.46. The first-order valence-electron chi connectivity index (χ1n) is 11.3. The lowest BCUT2D eigenvalue weighted by atomic mass is 9.99. The number of nitriles is 1. The first-order chi connectivity index (χ1) is 17.0. The Morgan fingerprint density at radius 1 is 1.31 bits per heavy atom. The molecule has 2 atom stereocenters. The van der Waals surface area contributed by atoms with Crippen LogP contribution < -0.4 is 20.9 Å². The number of anilines is 2. The summed E-state index contributed by atoms with van der Waals surface area (Å²) in [5.74, 6) is -0.233. The first kappa shape index (κ1) is 25.7. The highest BCUT2D eigenvalue weighted by Gasteiger charge is 2.24. The number of ether oxygens (including phenoxy) is 1. The number of fused-ring (bicyclic) bond motifs is 1. The quantitative estimate of drug-likeness (QED) is 0.471. The summed E-state index contributed by atoms with van der Waals surface area (Å²) in [5, 5.41) is 25.5. The van der Waals surface area contributed by atoms with E-state index in [1.54, 1.807) is 11.9 Å². The molecule has 1 saturated heterocycles. The van der Waals surface area contributed by atoms with E-state index < -0.39 is 12.1 Å². The Bertz CT molecular complexity index is 1070. The van der Waals surface area contributed by atoms with Crippen LogP contribution in [0, 0.1) is 11.3 Å². The summed E-state index contributed by atoms with van der Waals surface area (Å²) in [7, 11) is 1.78. The molecule has 0 saturated carbocycles. The normalized spacial score (nSPS) is 17.9. The molecule has 35 heavy (non-hydrogen) atoms. The molecule has 0 bridgehead atoms. The van der Waals surface area contributed by atoms with Gasteiger partial charge in [-0.2, -0.15) is 5.26 Å². The van der Waals surface area contributed by atoms with E-state index in [0.717, 1.165) is 41.0 Å². The topological polar surface area (TPSA) is 144 Å². The van der Waals surface area contributed by atoms with Gasteiger partial charge in [0.2, 0.25) is 5.91 Å². The van der Waals surface area contributed by atoms with E-state index in [-0.39, 0.29) is 18.3 Å². The zero-order valence-corrected chi connectivity index (χ0v) is 19.5. The van der Waals surface area contributed by atoms with Crippen LogP contribution in [0.4, 0.5) is 11.4 Å². The molecule has 4 rings (SSSR count). The van der Waals surface area contributed by atoms with E-state index >= 15 is 0 Å². The van der Waals surface area contributed by atoms with E-state index in [0.29, 0.717) is 26.1 Å². The number of nitrogens with one attached hydrogen (secondary N) is 3. The van der Waals surface area contributed by atoms with Gasteiger partial charge < -0.3 is 30.7 Å². The van der Waals surface area contributed by atoms with Crippen molar-refractivity contribution in [3.05, 3.63) is 48.0 Å². The third-order valence-corrected chi connectivity index (χ3v) is 5.80. The molecule has 0 radical (unpaired) electrons. The summed E-state index contributed by atoms with van der Waals surface area (Å²) >= 11 is 0. The number of likely N-dealkylation sites (N-methyl/N-ethyl adjacent to an activating group) is 1. The van der Waals surface area contributed by atoms with Crippen molar-refractivity contribution in [3.63, 3.8) is 0 Å². The van der Waals surface area contributed by atoms with E-state index in [2.05, 4.69) is 22.0 Å². The molecule has 184 valence electrons.